The van der Waals surface area contributed by atoms with Crippen molar-refractivity contribution in [1.82, 2.24) is 15.2 Å². The summed E-state index contributed by atoms with van der Waals surface area (Å²) in [6.45, 7) is 2.69. The Morgan fingerprint density at radius 2 is 2.10 bits per heavy atom. The highest BCUT2D eigenvalue weighted by atomic mass is 19.1. The summed E-state index contributed by atoms with van der Waals surface area (Å²) in [7, 11) is 0. The van der Waals surface area contributed by atoms with Gasteiger partial charge in [-0.05, 0) is 50.3 Å². The monoisotopic (exact) mass is 277 g/mol. The number of hydrogen-bond acceptors (Lipinski definition) is 3. The Balaban J connectivity index is 1.57. The third-order valence-electron chi connectivity index (χ3n) is 4.44. The molecular weight excluding hydrogens is 257 g/mol. The first kappa shape index (κ1) is 13.5. The van der Waals surface area contributed by atoms with E-state index in [1.165, 1.54) is 25.0 Å². The van der Waals surface area contributed by atoms with E-state index in [-0.39, 0.29) is 5.91 Å². The zero-order valence-corrected chi connectivity index (χ0v) is 11.5. The summed E-state index contributed by atoms with van der Waals surface area (Å²) in [5.74, 6) is 0.193. The van der Waals surface area contributed by atoms with Gasteiger partial charge in [0.25, 0.3) is 5.91 Å². The molecule has 1 unspecified atom stereocenters. The minimum Gasteiger partial charge on any atom is -0.337 e. The molecule has 0 aromatic carbocycles. The Kier molecular flexibility index (Phi) is 3.96. The van der Waals surface area contributed by atoms with E-state index in [1.54, 1.807) is 0 Å². The second-order valence-corrected chi connectivity index (χ2v) is 5.69. The molecule has 0 saturated carbocycles. The number of piperidine rings is 1. The largest absolute Gasteiger partial charge is 0.337 e. The summed E-state index contributed by atoms with van der Waals surface area (Å²) in [5.41, 5.74) is 0.337. The van der Waals surface area contributed by atoms with Crippen molar-refractivity contribution in [3.63, 3.8) is 0 Å². The van der Waals surface area contributed by atoms with Crippen LogP contribution in [0.1, 0.15) is 36.2 Å². The predicted molar refractivity (Wildman–Crippen MR) is 73.8 cm³/mol. The average Bonchev–Trinajstić information content (AvgIpc) is 3.02. The van der Waals surface area contributed by atoms with E-state index >= 15 is 0 Å². The zero-order chi connectivity index (χ0) is 13.9. The Morgan fingerprint density at radius 3 is 2.70 bits per heavy atom. The highest BCUT2D eigenvalue weighted by molar-refractivity contribution is 5.92. The summed E-state index contributed by atoms with van der Waals surface area (Å²) in [6.07, 6.45) is 5.72. The maximum absolute atomic E-state index is 12.8. The number of hydrogen-bond donors (Lipinski definition) is 1. The quantitative estimate of drug-likeness (QED) is 0.897. The normalized spacial score (nSPS) is 24.1. The molecule has 2 aliphatic rings. The summed E-state index contributed by atoms with van der Waals surface area (Å²) < 4.78 is 12.8. The lowest BCUT2D eigenvalue weighted by molar-refractivity contribution is 0.0668. The van der Waals surface area contributed by atoms with Gasteiger partial charge in [0.05, 0.1) is 6.20 Å². The van der Waals surface area contributed by atoms with Crippen LogP contribution in [-0.2, 0) is 0 Å². The molecule has 0 bridgehead atoms. The molecule has 2 aliphatic heterocycles. The maximum Gasteiger partial charge on any atom is 0.272 e. The summed E-state index contributed by atoms with van der Waals surface area (Å²) in [6, 6.07) is 3.38. The summed E-state index contributed by atoms with van der Waals surface area (Å²) >= 11 is 0. The minimum atomic E-state index is -0.410. The van der Waals surface area contributed by atoms with Gasteiger partial charge in [-0.25, -0.2) is 9.37 Å². The van der Waals surface area contributed by atoms with Gasteiger partial charge in [0, 0.05) is 19.1 Å². The Labute approximate surface area is 118 Å². The molecule has 20 heavy (non-hydrogen) atoms. The van der Waals surface area contributed by atoms with Gasteiger partial charge < -0.3 is 10.2 Å². The fourth-order valence-electron chi connectivity index (χ4n) is 3.28. The molecule has 1 aromatic heterocycles. The zero-order valence-electron chi connectivity index (χ0n) is 11.5. The van der Waals surface area contributed by atoms with Crippen LogP contribution in [0.15, 0.2) is 18.3 Å². The van der Waals surface area contributed by atoms with Crippen LogP contribution >= 0.6 is 0 Å². The van der Waals surface area contributed by atoms with Crippen molar-refractivity contribution in [2.24, 2.45) is 5.92 Å². The van der Waals surface area contributed by atoms with E-state index < -0.39 is 5.82 Å². The van der Waals surface area contributed by atoms with Crippen molar-refractivity contribution in [3.05, 3.63) is 29.8 Å². The molecule has 3 heterocycles. The van der Waals surface area contributed by atoms with Gasteiger partial charge in [-0.15, -0.1) is 0 Å². The molecule has 1 amide bonds. The molecule has 0 spiro atoms. The van der Waals surface area contributed by atoms with Crippen molar-refractivity contribution < 1.29 is 9.18 Å². The molecule has 108 valence electrons. The summed E-state index contributed by atoms with van der Waals surface area (Å²) in [5, 5.41) is 3.55. The smallest absolute Gasteiger partial charge is 0.272 e. The van der Waals surface area contributed by atoms with Crippen LogP contribution in [0.2, 0.25) is 0 Å². The molecular formula is C15H20FN3O. The van der Waals surface area contributed by atoms with Crippen LogP contribution in [0.25, 0.3) is 0 Å². The third-order valence-corrected chi connectivity index (χ3v) is 4.44. The molecule has 0 radical (unpaired) electrons. The van der Waals surface area contributed by atoms with Crippen molar-refractivity contribution in [2.75, 3.05) is 19.6 Å². The second kappa shape index (κ2) is 5.87. The average molecular weight is 277 g/mol. The highest BCUT2D eigenvalue weighted by Crippen LogP contribution is 2.26. The fraction of sp³-hybridized carbons (Fsp3) is 0.600. The number of pyridine rings is 1. The van der Waals surface area contributed by atoms with Gasteiger partial charge in [-0.2, -0.15) is 0 Å². The van der Waals surface area contributed by atoms with Gasteiger partial charge in [0.15, 0.2) is 0 Å². The van der Waals surface area contributed by atoms with Gasteiger partial charge in [-0.3, -0.25) is 4.79 Å². The number of nitrogens with one attached hydrogen (secondary N) is 1. The lowest BCUT2D eigenvalue weighted by Crippen LogP contribution is -2.43. The van der Waals surface area contributed by atoms with Crippen LogP contribution in [0, 0.1) is 11.7 Å². The Bertz CT molecular complexity index is 463. The van der Waals surface area contributed by atoms with Crippen LogP contribution in [0.4, 0.5) is 4.39 Å². The number of carbonyl (C=O) groups excluding carboxylic acids is 1. The number of nitrogens with zero attached hydrogens (tertiary/aromatic N) is 2. The van der Waals surface area contributed by atoms with E-state index in [1.807, 2.05) is 4.90 Å². The first-order chi connectivity index (χ1) is 9.74. The number of carbonyl (C=O) groups is 1. The topological polar surface area (TPSA) is 45.2 Å². The van der Waals surface area contributed by atoms with Crippen LogP contribution in [0.5, 0.6) is 0 Å². The molecule has 5 heteroatoms. The van der Waals surface area contributed by atoms with Crippen molar-refractivity contribution >= 4 is 5.91 Å². The van der Waals surface area contributed by atoms with Crippen LogP contribution < -0.4 is 5.32 Å². The minimum absolute atomic E-state index is 0.0807. The Morgan fingerprint density at radius 1 is 1.30 bits per heavy atom. The van der Waals surface area contributed by atoms with Gasteiger partial charge in [0.1, 0.15) is 11.5 Å². The number of rotatable bonds is 2. The molecule has 1 aromatic rings. The first-order valence-corrected chi connectivity index (χ1v) is 7.38. The van der Waals surface area contributed by atoms with Crippen molar-refractivity contribution in [1.29, 1.82) is 0 Å². The van der Waals surface area contributed by atoms with Crippen molar-refractivity contribution in [2.45, 2.75) is 31.7 Å². The van der Waals surface area contributed by atoms with E-state index in [0.29, 0.717) is 17.7 Å². The molecule has 3 rings (SSSR count). The van der Waals surface area contributed by atoms with E-state index in [0.717, 1.165) is 38.7 Å². The fourth-order valence-corrected chi connectivity index (χ4v) is 3.28. The van der Waals surface area contributed by atoms with E-state index in [4.69, 9.17) is 0 Å². The van der Waals surface area contributed by atoms with Gasteiger partial charge in [0.2, 0.25) is 0 Å². The molecule has 2 fully saturated rings. The predicted octanol–water partition coefficient (Wildman–Crippen LogP) is 1.82. The van der Waals surface area contributed by atoms with Crippen LogP contribution in [0.3, 0.4) is 0 Å². The van der Waals surface area contributed by atoms with Gasteiger partial charge in [-0.1, -0.05) is 0 Å². The van der Waals surface area contributed by atoms with Gasteiger partial charge >= 0.3 is 0 Å². The van der Waals surface area contributed by atoms with Crippen molar-refractivity contribution in [3.8, 4) is 0 Å². The first-order valence-electron chi connectivity index (χ1n) is 7.38. The Hall–Kier alpha value is -1.49. The molecule has 1 atom stereocenters. The van der Waals surface area contributed by atoms with Crippen LogP contribution in [-0.4, -0.2) is 41.5 Å². The number of amides is 1. The highest BCUT2D eigenvalue weighted by Gasteiger charge is 2.30. The number of likely N-dealkylation sites (tertiary alicyclic amines) is 1. The molecule has 4 nitrogen and oxygen atoms in total. The molecule has 1 N–H and O–H groups in total. The number of halogens is 1. The SMILES string of the molecule is O=C(c1ccc(F)cn1)N1CCC(C2CCCN2)CC1. The summed E-state index contributed by atoms with van der Waals surface area (Å²) in [4.78, 5) is 18.0. The maximum atomic E-state index is 12.8. The lowest BCUT2D eigenvalue weighted by atomic mass is 9.88. The standard InChI is InChI=1S/C15H20FN3O/c16-12-3-4-14(18-10-12)15(20)19-8-5-11(6-9-19)13-2-1-7-17-13/h3-4,10-11,13,17H,1-2,5-9H2. The lowest BCUT2D eigenvalue weighted by Gasteiger charge is -2.34. The third kappa shape index (κ3) is 2.82. The molecule has 2 saturated heterocycles. The van der Waals surface area contributed by atoms with E-state index in [2.05, 4.69) is 10.3 Å². The number of aromatic nitrogens is 1. The second-order valence-electron chi connectivity index (χ2n) is 5.69. The molecule has 0 aliphatic carbocycles. The van der Waals surface area contributed by atoms with E-state index in [9.17, 15) is 9.18 Å².